The zero-order valence-corrected chi connectivity index (χ0v) is 9.87. The Bertz CT molecular complexity index is 334. The molecule has 0 aliphatic heterocycles. The lowest BCUT2D eigenvalue weighted by Crippen LogP contribution is -2.18. The molecule has 8 heteroatoms. The molecule has 0 spiro atoms. The van der Waals surface area contributed by atoms with Crippen molar-refractivity contribution in [1.29, 1.82) is 0 Å². The average molecular weight is 358 g/mol. The average Bonchev–Trinajstić information content (AvgIpc) is 1.96. The maximum atomic E-state index is 11.8. The maximum absolute atomic E-state index is 11.8. The van der Waals surface area contributed by atoms with E-state index in [4.69, 9.17) is 23.2 Å². The largest absolute Gasteiger partial charge is 0.574 e. The van der Waals surface area contributed by atoms with Gasteiger partial charge in [0.2, 0.25) is 5.88 Å². The predicted octanol–water partition coefficient (Wildman–Crippen LogP) is 3.89. The van der Waals surface area contributed by atoms with E-state index in [1.54, 1.807) is 22.6 Å². The van der Waals surface area contributed by atoms with Gasteiger partial charge in [0.25, 0.3) is 0 Å². The fourth-order valence-electron chi connectivity index (χ4n) is 0.619. The van der Waals surface area contributed by atoms with Gasteiger partial charge in [0.05, 0.1) is 5.02 Å². The Hall–Kier alpha value is 0.0500. The number of ether oxygens (including phenoxy) is 1. The third-order valence-corrected chi connectivity index (χ3v) is 2.99. The third-order valence-electron chi connectivity index (χ3n) is 1.07. The summed E-state index contributed by atoms with van der Waals surface area (Å²) >= 11 is 12.8. The zero-order valence-electron chi connectivity index (χ0n) is 6.20. The number of hydrogen-bond acceptors (Lipinski definition) is 2. The van der Waals surface area contributed by atoms with Crippen molar-refractivity contribution in [2.24, 2.45) is 0 Å². The Morgan fingerprint density at radius 3 is 2.36 bits per heavy atom. The van der Waals surface area contributed by atoms with Crippen molar-refractivity contribution < 1.29 is 17.9 Å². The molecule has 0 fully saturated rings. The number of aromatic nitrogens is 1. The SMILES string of the molecule is FC(F)(F)Oc1cc(I)c(Cl)c(Cl)n1. The molecule has 0 N–H and O–H groups in total. The molecule has 1 rings (SSSR count). The van der Waals surface area contributed by atoms with Gasteiger partial charge in [-0.2, -0.15) is 4.98 Å². The lowest BCUT2D eigenvalue weighted by atomic mass is 10.5. The molecular weight excluding hydrogens is 357 g/mol. The first-order chi connectivity index (χ1) is 6.29. The van der Waals surface area contributed by atoms with Crippen molar-refractivity contribution in [1.82, 2.24) is 4.98 Å². The summed E-state index contributed by atoms with van der Waals surface area (Å²) in [6.45, 7) is 0. The minimum absolute atomic E-state index is 0.0989. The lowest BCUT2D eigenvalue weighted by molar-refractivity contribution is -0.276. The Labute approximate surface area is 100 Å². The molecule has 0 bridgehead atoms. The molecule has 0 radical (unpaired) electrons. The van der Waals surface area contributed by atoms with E-state index >= 15 is 0 Å². The predicted molar refractivity (Wildman–Crippen MR) is 53.7 cm³/mol. The number of hydrogen-bond donors (Lipinski definition) is 0. The van der Waals surface area contributed by atoms with Crippen molar-refractivity contribution in [3.8, 4) is 5.88 Å². The minimum Gasteiger partial charge on any atom is -0.388 e. The van der Waals surface area contributed by atoms with Gasteiger partial charge in [-0.15, -0.1) is 13.2 Å². The van der Waals surface area contributed by atoms with Crippen LogP contribution in [0, 0.1) is 3.57 Å². The summed E-state index contributed by atoms with van der Waals surface area (Å²) in [6.07, 6.45) is -4.78. The van der Waals surface area contributed by atoms with Crippen LogP contribution in [0.5, 0.6) is 5.88 Å². The smallest absolute Gasteiger partial charge is 0.388 e. The quantitative estimate of drug-likeness (QED) is 0.562. The van der Waals surface area contributed by atoms with Gasteiger partial charge in [-0.3, -0.25) is 0 Å². The van der Waals surface area contributed by atoms with Crippen LogP contribution in [-0.4, -0.2) is 11.3 Å². The molecule has 0 aliphatic carbocycles. The van der Waals surface area contributed by atoms with Gasteiger partial charge in [0.15, 0.2) is 5.15 Å². The first-order valence-corrected chi connectivity index (χ1v) is 4.90. The number of pyridine rings is 1. The van der Waals surface area contributed by atoms with E-state index in [1.807, 2.05) is 0 Å². The van der Waals surface area contributed by atoms with Gasteiger partial charge in [0, 0.05) is 9.64 Å². The number of alkyl halides is 3. The Morgan fingerprint density at radius 1 is 1.36 bits per heavy atom. The molecule has 0 saturated carbocycles. The second-order valence-electron chi connectivity index (χ2n) is 2.09. The number of rotatable bonds is 1. The minimum atomic E-state index is -4.78. The van der Waals surface area contributed by atoms with Crippen LogP contribution in [0.1, 0.15) is 0 Å². The van der Waals surface area contributed by atoms with Crippen molar-refractivity contribution in [3.05, 3.63) is 19.8 Å². The lowest BCUT2D eigenvalue weighted by Gasteiger charge is -2.08. The van der Waals surface area contributed by atoms with Crippen LogP contribution in [-0.2, 0) is 0 Å². The molecule has 0 atom stereocenters. The van der Waals surface area contributed by atoms with E-state index < -0.39 is 12.2 Å². The standard InChI is InChI=1S/C6HCl2F3INO/c7-4-2(12)1-3(13-5(4)8)14-6(9,10)11/h1H. The van der Waals surface area contributed by atoms with Crippen LogP contribution >= 0.6 is 45.8 Å². The number of nitrogens with zero attached hydrogens (tertiary/aromatic N) is 1. The highest BCUT2D eigenvalue weighted by atomic mass is 127. The topological polar surface area (TPSA) is 22.1 Å². The maximum Gasteiger partial charge on any atom is 0.574 e. The highest BCUT2D eigenvalue weighted by Gasteiger charge is 2.32. The fraction of sp³-hybridized carbons (Fsp3) is 0.167. The van der Waals surface area contributed by atoms with Gasteiger partial charge < -0.3 is 4.74 Å². The second kappa shape index (κ2) is 4.28. The summed E-state index contributed by atoms with van der Waals surface area (Å²) in [5.74, 6) is -0.628. The Balaban J connectivity index is 3.02. The molecule has 0 unspecified atom stereocenters. The summed E-state index contributed by atoms with van der Waals surface area (Å²) < 4.78 is 39.2. The van der Waals surface area contributed by atoms with E-state index in [2.05, 4.69) is 9.72 Å². The van der Waals surface area contributed by atoms with E-state index in [9.17, 15) is 13.2 Å². The van der Waals surface area contributed by atoms with Crippen molar-refractivity contribution in [3.63, 3.8) is 0 Å². The molecule has 1 heterocycles. The van der Waals surface area contributed by atoms with E-state index in [0.29, 0.717) is 3.57 Å². The van der Waals surface area contributed by atoms with Gasteiger partial charge in [-0.05, 0) is 22.6 Å². The highest BCUT2D eigenvalue weighted by Crippen LogP contribution is 2.30. The molecule has 14 heavy (non-hydrogen) atoms. The van der Waals surface area contributed by atoms with Gasteiger partial charge in [0.1, 0.15) is 0 Å². The van der Waals surface area contributed by atoms with Gasteiger partial charge in [-0.1, -0.05) is 23.2 Å². The van der Waals surface area contributed by atoms with Crippen molar-refractivity contribution >= 4 is 45.8 Å². The van der Waals surface area contributed by atoms with E-state index in [-0.39, 0.29) is 10.2 Å². The summed E-state index contributed by atoms with van der Waals surface area (Å²) in [5, 5.41) is -0.125. The van der Waals surface area contributed by atoms with E-state index in [0.717, 1.165) is 6.07 Å². The van der Waals surface area contributed by atoms with Crippen LogP contribution < -0.4 is 4.74 Å². The molecule has 0 aromatic carbocycles. The van der Waals surface area contributed by atoms with Crippen LogP contribution in [0.2, 0.25) is 10.2 Å². The zero-order chi connectivity index (χ0) is 10.9. The molecule has 1 aromatic rings. The molecule has 0 aliphatic rings. The van der Waals surface area contributed by atoms with Gasteiger partial charge >= 0.3 is 6.36 Å². The first-order valence-electron chi connectivity index (χ1n) is 3.07. The van der Waals surface area contributed by atoms with Crippen LogP contribution in [0.3, 0.4) is 0 Å². The summed E-state index contributed by atoms with van der Waals surface area (Å²) in [5.41, 5.74) is 0. The number of halogens is 6. The highest BCUT2D eigenvalue weighted by molar-refractivity contribution is 14.1. The third kappa shape index (κ3) is 3.32. The second-order valence-corrected chi connectivity index (χ2v) is 3.99. The molecule has 78 valence electrons. The van der Waals surface area contributed by atoms with Crippen LogP contribution in [0.25, 0.3) is 0 Å². The van der Waals surface area contributed by atoms with Gasteiger partial charge in [-0.25, -0.2) is 0 Å². The van der Waals surface area contributed by atoms with Crippen molar-refractivity contribution in [2.45, 2.75) is 6.36 Å². The normalized spacial score (nSPS) is 11.6. The van der Waals surface area contributed by atoms with E-state index in [1.165, 1.54) is 0 Å². The molecule has 1 aromatic heterocycles. The molecule has 0 amide bonds. The van der Waals surface area contributed by atoms with Crippen LogP contribution in [0.4, 0.5) is 13.2 Å². The molecular formula is C6HCl2F3INO. The molecule has 0 saturated heterocycles. The summed E-state index contributed by atoms with van der Waals surface area (Å²) in [4.78, 5) is 3.31. The Morgan fingerprint density at radius 2 is 1.93 bits per heavy atom. The summed E-state index contributed by atoms with van der Waals surface area (Å²) in [6, 6.07) is 1.04. The van der Waals surface area contributed by atoms with Crippen molar-refractivity contribution in [2.75, 3.05) is 0 Å². The van der Waals surface area contributed by atoms with Crippen LogP contribution in [0.15, 0.2) is 6.07 Å². The fourth-order valence-corrected chi connectivity index (χ4v) is 1.58. The Kier molecular flexibility index (Phi) is 3.70. The first kappa shape index (κ1) is 12.1. The monoisotopic (exact) mass is 357 g/mol. The molecule has 2 nitrogen and oxygen atoms in total. The summed E-state index contributed by atoms with van der Waals surface area (Å²) in [7, 11) is 0.